The van der Waals surface area contributed by atoms with E-state index >= 15 is 0 Å². The van der Waals surface area contributed by atoms with Gasteiger partial charge in [0.1, 0.15) is 0 Å². The van der Waals surface area contributed by atoms with Crippen molar-refractivity contribution >= 4 is 11.6 Å². The van der Waals surface area contributed by atoms with E-state index in [-0.39, 0.29) is 27.4 Å². The van der Waals surface area contributed by atoms with E-state index in [0.29, 0.717) is 5.56 Å². The van der Waals surface area contributed by atoms with Crippen LogP contribution in [0.1, 0.15) is 22.8 Å². The maximum Gasteiger partial charge on any atom is 0.244 e. The molecule has 0 saturated heterocycles. The molecule has 2 rings (SSSR count). The molecule has 0 heterocycles. The van der Waals surface area contributed by atoms with E-state index in [1.165, 1.54) is 6.07 Å². The number of carbonyl (C=O) groups excluding carboxylic acids is 1. The van der Waals surface area contributed by atoms with Gasteiger partial charge in [-0.05, 0) is 29.8 Å². The number of hydrogen-bond acceptors (Lipinski definition) is 1. The Bertz CT molecular complexity index is 599. The topological polar surface area (TPSA) is 29.1 Å². The Labute approximate surface area is 131 Å². The van der Waals surface area contributed by atoms with E-state index < -0.39 is 17.5 Å². The first-order valence-corrected chi connectivity index (χ1v) is 5.87. The average Bonchev–Trinajstić information content (AvgIpc) is 2.42. The summed E-state index contributed by atoms with van der Waals surface area (Å²) in [4.78, 5) is 11.9. The second-order valence-corrected chi connectivity index (χ2v) is 4.04. The van der Waals surface area contributed by atoms with Crippen LogP contribution in [0, 0.1) is 17.7 Å². The predicted molar refractivity (Wildman–Crippen MR) is 69.0 cm³/mol. The van der Waals surface area contributed by atoms with Gasteiger partial charge >= 0.3 is 0 Å². The number of carbonyl (C=O) groups is 1. The molecule has 20 heavy (non-hydrogen) atoms. The van der Waals surface area contributed by atoms with Gasteiger partial charge in [-0.25, -0.2) is 8.78 Å². The number of nitrogens with one attached hydrogen (secondary N) is 1. The Balaban J connectivity index is 0.00000200. The minimum absolute atomic E-state index is 0. The monoisotopic (exact) mass is 308 g/mol. The van der Waals surface area contributed by atoms with Crippen LogP contribution in [-0.2, 0) is 28.1 Å². The van der Waals surface area contributed by atoms with Gasteiger partial charge in [-0.15, -0.1) is 18.2 Å². The Morgan fingerprint density at radius 3 is 2.35 bits per heavy atom. The molecule has 2 aromatic rings. The number of anilines is 1. The Morgan fingerprint density at radius 1 is 1.15 bits per heavy atom. The van der Waals surface area contributed by atoms with Gasteiger partial charge in [-0.1, -0.05) is 19.1 Å². The number of aryl methyl sites for hydroxylation is 1. The van der Waals surface area contributed by atoms with Crippen molar-refractivity contribution in [3.8, 4) is 0 Å². The molecule has 0 aliphatic carbocycles. The van der Waals surface area contributed by atoms with Gasteiger partial charge in [0.15, 0.2) is 0 Å². The van der Waals surface area contributed by atoms with E-state index in [1.807, 2.05) is 25.1 Å². The zero-order chi connectivity index (χ0) is 13.8. The largest absolute Gasteiger partial charge is 0.373 e. The van der Waals surface area contributed by atoms with Crippen LogP contribution in [0.25, 0.3) is 0 Å². The third-order valence-electron chi connectivity index (χ3n) is 2.73. The Kier molecular flexibility index (Phi) is 6.05. The number of hydrogen-bond donors (Lipinski definition) is 1. The molecule has 0 atom stereocenters. The van der Waals surface area contributed by atoms with Gasteiger partial charge in [0, 0.05) is 38.9 Å². The Morgan fingerprint density at radius 2 is 1.80 bits per heavy atom. The quantitative estimate of drug-likeness (QED) is 0.681. The molecule has 5 heteroatoms. The molecule has 0 bridgehead atoms. The second kappa shape index (κ2) is 7.32. The molecule has 0 aliphatic heterocycles. The van der Waals surface area contributed by atoms with Crippen molar-refractivity contribution in [1.29, 1.82) is 0 Å². The van der Waals surface area contributed by atoms with Crippen molar-refractivity contribution < 1.29 is 35.3 Å². The molecule has 0 fully saturated rings. The van der Waals surface area contributed by atoms with E-state index in [2.05, 4.69) is 5.32 Å². The van der Waals surface area contributed by atoms with Crippen molar-refractivity contribution in [3.63, 3.8) is 0 Å². The van der Waals surface area contributed by atoms with Crippen molar-refractivity contribution in [2.45, 2.75) is 13.3 Å². The number of benzene rings is 2. The number of rotatable bonds is 3. The fourth-order valence-electron chi connectivity index (χ4n) is 1.63. The van der Waals surface area contributed by atoms with Crippen molar-refractivity contribution in [2.24, 2.45) is 0 Å². The minimum atomic E-state index is -0.918. The van der Waals surface area contributed by atoms with Crippen molar-refractivity contribution in [1.82, 2.24) is 0 Å². The van der Waals surface area contributed by atoms with E-state index in [0.717, 1.165) is 18.1 Å². The molecular formula is C15H12F2NOTi-. The van der Waals surface area contributed by atoms with Gasteiger partial charge in [0.25, 0.3) is 0 Å². The molecule has 2 nitrogen and oxygen atoms in total. The summed E-state index contributed by atoms with van der Waals surface area (Å²) >= 11 is 0. The third-order valence-corrected chi connectivity index (χ3v) is 2.73. The summed E-state index contributed by atoms with van der Waals surface area (Å²) in [6.07, 6.45) is 0.878. The molecule has 0 radical (unpaired) electrons. The molecule has 0 spiro atoms. The van der Waals surface area contributed by atoms with Gasteiger partial charge < -0.3 is 5.32 Å². The van der Waals surface area contributed by atoms with Crippen molar-refractivity contribution in [3.05, 3.63) is 65.2 Å². The van der Waals surface area contributed by atoms with Gasteiger partial charge in [0.2, 0.25) is 5.91 Å². The minimum Gasteiger partial charge on any atom is -0.373 e. The fourth-order valence-corrected chi connectivity index (χ4v) is 1.63. The summed E-state index contributed by atoms with van der Waals surface area (Å²) in [5, 5.41) is 2.38. The predicted octanol–water partition coefficient (Wildman–Crippen LogP) is 3.58. The van der Waals surface area contributed by atoms with E-state index in [9.17, 15) is 13.6 Å². The van der Waals surface area contributed by atoms with Crippen LogP contribution >= 0.6 is 0 Å². The van der Waals surface area contributed by atoms with Crippen LogP contribution in [0.3, 0.4) is 0 Å². The normalized spacial score (nSPS) is 9.75. The molecule has 102 valence electrons. The molecule has 0 aromatic heterocycles. The summed E-state index contributed by atoms with van der Waals surface area (Å²) < 4.78 is 26.0. The van der Waals surface area contributed by atoms with Crippen molar-refractivity contribution in [2.75, 3.05) is 5.32 Å². The van der Waals surface area contributed by atoms with Crippen LogP contribution in [0.5, 0.6) is 0 Å². The number of halogens is 2. The fraction of sp³-hybridized carbons (Fsp3) is 0.133. The van der Waals surface area contributed by atoms with Gasteiger partial charge in [0.05, 0.1) is 0 Å². The van der Waals surface area contributed by atoms with Crippen LogP contribution in [0.4, 0.5) is 14.5 Å². The molecule has 0 saturated carbocycles. The Hall–Kier alpha value is -1.52. The zero-order valence-electron chi connectivity index (χ0n) is 10.8. The summed E-state index contributed by atoms with van der Waals surface area (Å²) in [5.74, 6) is -2.16. The SMILES string of the molecule is CCc1ccc(C(=O)Nc2ccc(F)[c-]c2F)cc1.[Ti]. The first kappa shape index (κ1) is 16.5. The van der Waals surface area contributed by atoms with E-state index in [1.54, 1.807) is 12.1 Å². The standard InChI is InChI=1S/C15H12F2NO.Ti/c1-2-10-3-5-11(6-4-10)15(19)18-14-8-7-12(16)9-13(14)17;/h3-8H,2H2,1H3,(H,18,19);/q-1;. The maximum atomic E-state index is 13.3. The van der Waals surface area contributed by atoms with Crippen LogP contribution in [-0.4, -0.2) is 5.91 Å². The summed E-state index contributed by atoms with van der Waals surface area (Å²) in [7, 11) is 0. The van der Waals surface area contributed by atoms with Crippen LogP contribution < -0.4 is 5.32 Å². The molecule has 1 N–H and O–H groups in total. The molecule has 2 aromatic carbocycles. The molecule has 0 unspecified atom stereocenters. The van der Waals surface area contributed by atoms with Gasteiger partial charge in [-0.3, -0.25) is 4.79 Å². The smallest absolute Gasteiger partial charge is 0.244 e. The second-order valence-electron chi connectivity index (χ2n) is 4.04. The van der Waals surface area contributed by atoms with E-state index in [4.69, 9.17) is 0 Å². The first-order valence-electron chi connectivity index (χ1n) is 5.87. The summed E-state index contributed by atoms with van der Waals surface area (Å²) in [6, 6.07) is 11.1. The molecule has 0 aliphatic rings. The maximum absolute atomic E-state index is 13.3. The average molecular weight is 308 g/mol. The van der Waals surface area contributed by atoms with Crippen LogP contribution in [0.15, 0.2) is 36.4 Å². The summed E-state index contributed by atoms with van der Waals surface area (Å²) in [6.45, 7) is 2.01. The number of amides is 1. The third kappa shape index (κ3) is 3.99. The van der Waals surface area contributed by atoms with Crippen LogP contribution in [0.2, 0.25) is 0 Å². The van der Waals surface area contributed by atoms with Gasteiger partial charge in [-0.2, -0.15) is 0 Å². The molecular weight excluding hydrogens is 296 g/mol. The summed E-state index contributed by atoms with van der Waals surface area (Å²) in [5.41, 5.74) is 1.43. The molecule has 1 amide bonds. The first-order chi connectivity index (χ1) is 9.10. The zero-order valence-corrected chi connectivity index (χ0v) is 12.4.